The predicted molar refractivity (Wildman–Crippen MR) is 94.3 cm³/mol. The average Bonchev–Trinajstić information content (AvgIpc) is 2.56. The molecular formula is C19H25N3O. The minimum Gasteiger partial charge on any atom is -0.336 e. The van der Waals surface area contributed by atoms with Crippen LogP contribution in [0.15, 0.2) is 60.7 Å². The van der Waals surface area contributed by atoms with Gasteiger partial charge in [0.15, 0.2) is 0 Å². The van der Waals surface area contributed by atoms with Crippen molar-refractivity contribution >= 4 is 6.03 Å². The van der Waals surface area contributed by atoms with E-state index in [0.29, 0.717) is 6.54 Å². The van der Waals surface area contributed by atoms with Crippen LogP contribution in [-0.2, 0) is 0 Å². The molecule has 122 valence electrons. The Hall–Kier alpha value is -2.33. The molecule has 2 unspecified atom stereocenters. The maximum Gasteiger partial charge on any atom is 0.315 e. The largest absolute Gasteiger partial charge is 0.336 e. The van der Waals surface area contributed by atoms with Crippen LogP contribution in [0.25, 0.3) is 0 Å². The highest BCUT2D eigenvalue weighted by molar-refractivity contribution is 5.74. The molecule has 4 nitrogen and oxygen atoms in total. The van der Waals surface area contributed by atoms with Crippen LogP contribution >= 0.6 is 0 Å². The third-order valence-corrected chi connectivity index (χ3v) is 3.91. The fourth-order valence-electron chi connectivity index (χ4n) is 2.54. The van der Waals surface area contributed by atoms with Crippen molar-refractivity contribution in [3.05, 3.63) is 71.8 Å². The van der Waals surface area contributed by atoms with E-state index < -0.39 is 0 Å². The summed E-state index contributed by atoms with van der Waals surface area (Å²) in [5, 5.41) is 5.94. The third-order valence-electron chi connectivity index (χ3n) is 3.91. The van der Waals surface area contributed by atoms with Gasteiger partial charge in [-0.25, -0.2) is 4.79 Å². The number of hydrogen-bond donors (Lipinski definition) is 2. The van der Waals surface area contributed by atoms with Crippen LogP contribution in [0.3, 0.4) is 0 Å². The Kier molecular flexibility index (Phi) is 6.18. The summed E-state index contributed by atoms with van der Waals surface area (Å²) >= 11 is 0. The number of hydrogen-bond acceptors (Lipinski definition) is 2. The SMILES string of the molecule is CC(NC(=O)NCC(c1ccccc1)N(C)C)c1ccccc1. The highest BCUT2D eigenvalue weighted by Crippen LogP contribution is 2.16. The van der Waals surface area contributed by atoms with Gasteiger partial charge in [0.05, 0.1) is 12.1 Å². The van der Waals surface area contributed by atoms with E-state index in [4.69, 9.17) is 0 Å². The number of nitrogens with zero attached hydrogens (tertiary/aromatic N) is 1. The molecule has 0 heterocycles. The maximum atomic E-state index is 12.1. The summed E-state index contributed by atoms with van der Waals surface area (Å²) in [5.74, 6) is 0. The number of rotatable bonds is 6. The number of nitrogens with one attached hydrogen (secondary N) is 2. The average molecular weight is 311 g/mol. The Labute approximate surface area is 138 Å². The monoisotopic (exact) mass is 311 g/mol. The van der Waals surface area contributed by atoms with Crippen LogP contribution in [0.2, 0.25) is 0 Å². The van der Waals surface area contributed by atoms with Crippen LogP contribution in [0.1, 0.15) is 30.1 Å². The molecule has 2 rings (SSSR count). The second kappa shape index (κ2) is 8.34. The van der Waals surface area contributed by atoms with Gasteiger partial charge in [-0.15, -0.1) is 0 Å². The van der Waals surface area contributed by atoms with Crippen molar-refractivity contribution in [2.75, 3.05) is 20.6 Å². The van der Waals surface area contributed by atoms with Gasteiger partial charge < -0.3 is 15.5 Å². The molecule has 0 spiro atoms. The summed E-state index contributed by atoms with van der Waals surface area (Å²) in [6, 6.07) is 20.1. The van der Waals surface area contributed by atoms with Gasteiger partial charge in [0, 0.05) is 6.54 Å². The molecule has 0 saturated heterocycles. The summed E-state index contributed by atoms with van der Waals surface area (Å²) < 4.78 is 0. The Bertz CT molecular complexity index is 599. The van der Waals surface area contributed by atoms with E-state index in [9.17, 15) is 4.79 Å². The Morgan fingerprint density at radius 2 is 1.48 bits per heavy atom. The molecule has 2 N–H and O–H groups in total. The number of amides is 2. The quantitative estimate of drug-likeness (QED) is 0.859. The summed E-state index contributed by atoms with van der Waals surface area (Å²) in [6.45, 7) is 2.54. The van der Waals surface area contributed by atoms with Crippen molar-refractivity contribution in [1.29, 1.82) is 0 Å². The van der Waals surface area contributed by atoms with Gasteiger partial charge >= 0.3 is 6.03 Å². The first-order valence-electron chi connectivity index (χ1n) is 7.88. The maximum absolute atomic E-state index is 12.1. The summed E-state index contributed by atoms with van der Waals surface area (Å²) in [4.78, 5) is 14.3. The Balaban J connectivity index is 1.89. The normalized spacial score (nSPS) is 13.4. The van der Waals surface area contributed by atoms with E-state index in [-0.39, 0.29) is 18.1 Å². The lowest BCUT2D eigenvalue weighted by Crippen LogP contribution is -2.41. The first kappa shape index (κ1) is 17.0. The molecule has 0 aliphatic rings. The number of benzene rings is 2. The molecule has 0 aliphatic heterocycles. The van der Waals surface area contributed by atoms with Crippen molar-refractivity contribution in [3.8, 4) is 0 Å². The van der Waals surface area contributed by atoms with E-state index in [1.807, 2.05) is 69.6 Å². The van der Waals surface area contributed by atoms with Crippen molar-refractivity contribution in [2.24, 2.45) is 0 Å². The summed E-state index contributed by atoms with van der Waals surface area (Å²) in [7, 11) is 4.04. The smallest absolute Gasteiger partial charge is 0.315 e. The zero-order valence-electron chi connectivity index (χ0n) is 14.0. The van der Waals surface area contributed by atoms with Crippen LogP contribution in [0.4, 0.5) is 4.79 Å². The van der Waals surface area contributed by atoms with E-state index in [1.165, 1.54) is 5.56 Å². The molecule has 0 saturated carbocycles. The first-order chi connectivity index (χ1) is 11.1. The van der Waals surface area contributed by atoms with Crippen molar-refractivity contribution in [3.63, 3.8) is 0 Å². The van der Waals surface area contributed by atoms with Gasteiger partial charge in [-0.3, -0.25) is 0 Å². The zero-order chi connectivity index (χ0) is 16.7. The van der Waals surface area contributed by atoms with Gasteiger partial charge in [-0.05, 0) is 32.1 Å². The molecule has 0 fully saturated rings. The lowest BCUT2D eigenvalue weighted by atomic mass is 10.1. The van der Waals surface area contributed by atoms with Crippen LogP contribution in [0.5, 0.6) is 0 Å². The minimum atomic E-state index is -0.149. The van der Waals surface area contributed by atoms with Crippen molar-refractivity contribution in [1.82, 2.24) is 15.5 Å². The van der Waals surface area contributed by atoms with Gasteiger partial charge in [-0.2, -0.15) is 0 Å². The van der Waals surface area contributed by atoms with Crippen molar-refractivity contribution in [2.45, 2.75) is 19.0 Å². The Morgan fingerprint density at radius 3 is 2.00 bits per heavy atom. The third kappa shape index (κ3) is 5.11. The second-order valence-corrected chi connectivity index (χ2v) is 5.88. The van der Waals surface area contributed by atoms with Gasteiger partial charge in [-0.1, -0.05) is 60.7 Å². The minimum absolute atomic E-state index is 0.0225. The lowest BCUT2D eigenvalue weighted by molar-refractivity contribution is 0.230. The number of urea groups is 1. The molecule has 4 heteroatoms. The molecule has 2 atom stereocenters. The highest BCUT2D eigenvalue weighted by Gasteiger charge is 2.15. The topological polar surface area (TPSA) is 44.4 Å². The highest BCUT2D eigenvalue weighted by atomic mass is 16.2. The fourth-order valence-corrected chi connectivity index (χ4v) is 2.54. The number of carbonyl (C=O) groups excluding carboxylic acids is 1. The fraction of sp³-hybridized carbons (Fsp3) is 0.316. The molecule has 2 aromatic carbocycles. The molecule has 23 heavy (non-hydrogen) atoms. The zero-order valence-corrected chi connectivity index (χ0v) is 14.0. The Morgan fingerprint density at radius 1 is 0.957 bits per heavy atom. The second-order valence-electron chi connectivity index (χ2n) is 5.88. The molecular weight excluding hydrogens is 286 g/mol. The van der Waals surface area contributed by atoms with Crippen LogP contribution in [0, 0.1) is 0 Å². The predicted octanol–water partition coefficient (Wildman–Crippen LogP) is 3.35. The van der Waals surface area contributed by atoms with Crippen LogP contribution < -0.4 is 10.6 Å². The number of likely N-dealkylation sites (N-methyl/N-ethyl adjacent to an activating group) is 1. The van der Waals surface area contributed by atoms with E-state index in [0.717, 1.165) is 5.56 Å². The standard InChI is InChI=1S/C19H25N3O/c1-15(16-10-6-4-7-11-16)21-19(23)20-14-18(22(2)3)17-12-8-5-9-13-17/h4-13,15,18H,14H2,1-3H3,(H2,20,21,23). The lowest BCUT2D eigenvalue weighted by Gasteiger charge is -2.25. The molecule has 0 aromatic heterocycles. The molecule has 2 amide bonds. The van der Waals surface area contributed by atoms with Crippen LogP contribution in [-0.4, -0.2) is 31.6 Å². The van der Waals surface area contributed by atoms with Gasteiger partial charge in [0.2, 0.25) is 0 Å². The van der Waals surface area contributed by atoms with E-state index >= 15 is 0 Å². The van der Waals surface area contributed by atoms with Gasteiger partial charge in [0.25, 0.3) is 0 Å². The van der Waals surface area contributed by atoms with Crippen molar-refractivity contribution < 1.29 is 4.79 Å². The molecule has 0 radical (unpaired) electrons. The summed E-state index contributed by atoms with van der Waals surface area (Å²) in [5.41, 5.74) is 2.28. The molecule has 0 aliphatic carbocycles. The molecule has 2 aromatic rings. The van der Waals surface area contributed by atoms with E-state index in [1.54, 1.807) is 0 Å². The number of carbonyl (C=O) groups is 1. The molecule has 0 bridgehead atoms. The summed E-state index contributed by atoms with van der Waals surface area (Å²) in [6.07, 6.45) is 0. The van der Waals surface area contributed by atoms with E-state index in [2.05, 4.69) is 27.7 Å². The first-order valence-corrected chi connectivity index (χ1v) is 7.88. The van der Waals surface area contributed by atoms with Gasteiger partial charge in [0.1, 0.15) is 0 Å².